The van der Waals surface area contributed by atoms with E-state index in [4.69, 9.17) is 11.6 Å². The van der Waals surface area contributed by atoms with Crippen LogP contribution in [0.5, 0.6) is 5.75 Å². The lowest BCUT2D eigenvalue weighted by Crippen LogP contribution is -2.03. The molecule has 0 saturated carbocycles. The number of aromatic hydroxyl groups is 1. The van der Waals surface area contributed by atoms with Crippen LogP contribution in [0.1, 0.15) is 16.7 Å². The van der Waals surface area contributed by atoms with E-state index in [-0.39, 0.29) is 16.5 Å². The first-order valence-electron chi connectivity index (χ1n) is 6.35. The van der Waals surface area contributed by atoms with Gasteiger partial charge >= 0.3 is 0 Å². The molecule has 2 N–H and O–H groups in total. The van der Waals surface area contributed by atoms with Crippen LogP contribution < -0.4 is 5.32 Å². The van der Waals surface area contributed by atoms with Gasteiger partial charge < -0.3 is 10.4 Å². The molecular weight excluding hydrogens is 292 g/mol. The number of nitrogens with zero attached hydrogens (tertiary/aromatic N) is 1. The molecule has 5 nitrogen and oxygen atoms in total. The average Bonchev–Trinajstić information content (AvgIpc) is 2.43. The minimum absolute atomic E-state index is 0.0116. The van der Waals surface area contributed by atoms with Gasteiger partial charge in [-0.3, -0.25) is 10.1 Å². The first-order valence-corrected chi connectivity index (χ1v) is 6.73. The number of rotatable bonds is 4. The molecule has 0 radical (unpaired) electrons. The molecule has 0 bridgehead atoms. The number of phenols is 1. The Labute approximate surface area is 127 Å². The summed E-state index contributed by atoms with van der Waals surface area (Å²) in [6.07, 6.45) is 0. The van der Waals surface area contributed by atoms with Gasteiger partial charge in [0.25, 0.3) is 5.69 Å². The molecule has 0 aromatic heterocycles. The number of anilines is 1. The third kappa shape index (κ3) is 3.44. The molecule has 21 heavy (non-hydrogen) atoms. The Morgan fingerprint density at radius 3 is 2.52 bits per heavy atom. The van der Waals surface area contributed by atoms with E-state index in [0.29, 0.717) is 12.2 Å². The van der Waals surface area contributed by atoms with E-state index in [9.17, 15) is 15.2 Å². The Bertz CT molecular complexity index is 702. The lowest BCUT2D eigenvalue weighted by molar-refractivity contribution is -0.384. The highest BCUT2D eigenvalue weighted by atomic mass is 35.5. The van der Waals surface area contributed by atoms with Gasteiger partial charge in [0.05, 0.1) is 9.95 Å². The predicted molar refractivity (Wildman–Crippen MR) is 83.0 cm³/mol. The van der Waals surface area contributed by atoms with Gasteiger partial charge in [-0.1, -0.05) is 17.7 Å². The van der Waals surface area contributed by atoms with Crippen molar-refractivity contribution >= 4 is 23.0 Å². The van der Waals surface area contributed by atoms with Gasteiger partial charge in [-0.15, -0.1) is 0 Å². The molecule has 0 spiro atoms. The highest BCUT2D eigenvalue weighted by molar-refractivity contribution is 6.32. The van der Waals surface area contributed by atoms with Crippen molar-refractivity contribution < 1.29 is 10.0 Å². The zero-order valence-electron chi connectivity index (χ0n) is 11.7. The van der Waals surface area contributed by atoms with Crippen LogP contribution in [0.4, 0.5) is 11.4 Å². The van der Waals surface area contributed by atoms with Crippen molar-refractivity contribution in [2.45, 2.75) is 20.4 Å². The largest absolute Gasteiger partial charge is 0.506 e. The summed E-state index contributed by atoms with van der Waals surface area (Å²) in [6, 6.07) is 8.14. The molecule has 2 aromatic rings. The lowest BCUT2D eigenvalue weighted by atomic mass is 10.1. The van der Waals surface area contributed by atoms with E-state index in [1.807, 2.05) is 13.8 Å². The minimum Gasteiger partial charge on any atom is -0.506 e. The van der Waals surface area contributed by atoms with Crippen molar-refractivity contribution in [2.24, 2.45) is 0 Å². The van der Waals surface area contributed by atoms with E-state index in [1.165, 1.54) is 6.07 Å². The first-order chi connectivity index (χ1) is 9.88. The molecular formula is C15H15ClN2O3. The number of hydrogen-bond donors (Lipinski definition) is 2. The maximum atomic E-state index is 11.1. The molecule has 0 aliphatic carbocycles. The van der Waals surface area contributed by atoms with Crippen LogP contribution in [0.2, 0.25) is 5.02 Å². The molecule has 6 heteroatoms. The van der Waals surface area contributed by atoms with Crippen molar-refractivity contribution in [1.29, 1.82) is 0 Å². The smallest absolute Gasteiger partial charge is 0.292 e. The standard InChI is InChI=1S/C15H15ClN2O3/c1-9-5-13(14(18(20)21)6-10(9)2)17-8-11-3-4-15(19)12(16)7-11/h3-7,17,19H,8H2,1-2H3. The normalized spacial score (nSPS) is 10.4. The Morgan fingerprint density at radius 1 is 1.24 bits per heavy atom. The van der Waals surface area contributed by atoms with Gasteiger partial charge in [0.2, 0.25) is 0 Å². The molecule has 0 aliphatic rings. The molecule has 0 saturated heterocycles. The average molecular weight is 307 g/mol. The van der Waals surface area contributed by atoms with Crippen molar-refractivity contribution in [1.82, 2.24) is 0 Å². The van der Waals surface area contributed by atoms with E-state index < -0.39 is 4.92 Å². The maximum Gasteiger partial charge on any atom is 0.292 e. The van der Waals surface area contributed by atoms with Gasteiger partial charge in [-0.2, -0.15) is 0 Å². The van der Waals surface area contributed by atoms with Crippen molar-refractivity contribution in [2.75, 3.05) is 5.32 Å². The zero-order valence-corrected chi connectivity index (χ0v) is 12.4. The van der Waals surface area contributed by atoms with E-state index in [1.54, 1.807) is 24.3 Å². The summed E-state index contributed by atoms with van der Waals surface area (Å²) in [5.74, 6) is 0.0116. The Kier molecular flexibility index (Phi) is 4.33. The van der Waals surface area contributed by atoms with Crippen LogP contribution in [-0.2, 0) is 6.54 Å². The van der Waals surface area contributed by atoms with Crippen molar-refractivity contribution in [3.05, 3.63) is 62.2 Å². The molecule has 110 valence electrons. The SMILES string of the molecule is Cc1cc(NCc2ccc(O)c(Cl)c2)c([N+](=O)[O-])cc1C. The van der Waals surface area contributed by atoms with Crippen LogP contribution in [0.3, 0.4) is 0 Å². The quantitative estimate of drug-likeness (QED) is 0.656. The topological polar surface area (TPSA) is 75.4 Å². The van der Waals surface area contributed by atoms with Gasteiger partial charge in [0.1, 0.15) is 11.4 Å². The second kappa shape index (κ2) is 6.01. The van der Waals surface area contributed by atoms with Gasteiger partial charge in [0, 0.05) is 12.6 Å². The molecule has 0 unspecified atom stereocenters. The zero-order chi connectivity index (χ0) is 15.6. The number of nitro benzene ring substituents is 1. The summed E-state index contributed by atoms with van der Waals surface area (Å²) in [6.45, 7) is 4.12. The number of nitrogens with one attached hydrogen (secondary N) is 1. The van der Waals surface area contributed by atoms with E-state index >= 15 is 0 Å². The van der Waals surface area contributed by atoms with Gasteiger partial charge in [-0.05, 0) is 48.7 Å². The summed E-state index contributed by atoms with van der Waals surface area (Å²) in [4.78, 5) is 10.7. The van der Waals surface area contributed by atoms with Crippen LogP contribution in [-0.4, -0.2) is 10.0 Å². The lowest BCUT2D eigenvalue weighted by Gasteiger charge is -2.10. The second-order valence-electron chi connectivity index (χ2n) is 4.85. The predicted octanol–water partition coefficient (Wildman–Crippen LogP) is 4.18. The number of phenolic OH excluding ortho intramolecular Hbond substituents is 1. The molecule has 0 amide bonds. The number of aryl methyl sites for hydroxylation is 2. The van der Waals surface area contributed by atoms with Crippen molar-refractivity contribution in [3.63, 3.8) is 0 Å². The molecule has 0 aliphatic heterocycles. The number of nitro groups is 1. The summed E-state index contributed by atoms with van der Waals surface area (Å²) < 4.78 is 0. The molecule has 2 rings (SSSR count). The number of halogens is 1. The van der Waals surface area contributed by atoms with Crippen LogP contribution >= 0.6 is 11.6 Å². The Balaban J connectivity index is 2.24. The van der Waals surface area contributed by atoms with Gasteiger partial charge in [0.15, 0.2) is 0 Å². The van der Waals surface area contributed by atoms with Gasteiger partial charge in [-0.25, -0.2) is 0 Å². The van der Waals surface area contributed by atoms with Crippen LogP contribution in [0, 0.1) is 24.0 Å². The minimum atomic E-state index is -0.404. The molecule has 0 heterocycles. The fourth-order valence-corrected chi connectivity index (χ4v) is 2.15. The number of benzene rings is 2. The molecule has 2 aromatic carbocycles. The third-order valence-electron chi connectivity index (χ3n) is 3.30. The summed E-state index contributed by atoms with van der Waals surface area (Å²) in [7, 11) is 0. The fraction of sp³-hybridized carbons (Fsp3) is 0.200. The highest BCUT2D eigenvalue weighted by Gasteiger charge is 2.15. The monoisotopic (exact) mass is 306 g/mol. The Morgan fingerprint density at radius 2 is 1.90 bits per heavy atom. The van der Waals surface area contributed by atoms with E-state index in [2.05, 4.69) is 5.32 Å². The third-order valence-corrected chi connectivity index (χ3v) is 3.61. The molecule has 0 fully saturated rings. The summed E-state index contributed by atoms with van der Waals surface area (Å²) >= 11 is 5.84. The summed E-state index contributed by atoms with van der Waals surface area (Å²) in [5.41, 5.74) is 3.19. The fourth-order valence-electron chi connectivity index (χ4n) is 1.95. The maximum absolute atomic E-state index is 11.1. The summed E-state index contributed by atoms with van der Waals surface area (Å²) in [5, 5.41) is 23.8. The second-order valence-corrected chi connectivity index (χ2v) is 5.26. The Hall–Kier alpha value is -2.27. The first kappa shape index (κ1) is 15.1. The van der Waals surface area contributed by atoms with Crippen LogP contribution in [0.15, 0.2) is 30.3 Å². The molecule has 0 atom stereocenters. The highest BCUT2D eigenvalue weighted by Crippen LogP contribution is 2.29. The van der Waals surface area contributed by atoms with E-state index in [0.717, 1.165) is 16.7 Å². The van der Waals surface area contributed by atoms with Crippen LogP contribution in [0.25, 0.3) is 0 Å². The van der Waals surface area contributed by atoms with Crippen molar-refractivity contribution in [3.8, 4) is 5.75 Å². The number of hydrogen-bond acceptors (Lipinski definition) is 4.